The summed E-state index contributed by atoms with van der Waals surface area (Å²) in [5.41, 5.74) is 0.396. The van der Waals surface area contributed by atoms with Crippen LogP contribution in [0.3, 0.4) is 0 Å². The van der Waals surface area contributed by atoms with Gasteiger partial charge >= 0.3 is 11.9 Å². The van der Waals surface area contributed by atoms with Crippen LogP contribution in [0.4, 0.5) is 0 Å². The number of benzene rings is 1. The molecular weight excluding hydrogens is 436 g/mol. The van der Waals surface area contributed by atoms with Crippen molar-refractivity contribution in [3.63, 3.8) is 0 Å². The fourth-order valence-corrected chi connectivity index (χ4v) is 3.89. The zero-order valence-corrected chi connectivity index (χ0v) is 22.1. The van der Waals surface area contributed by atoms with Crippen LogP contribution in [0.5, 0.6) is 0 Å². The average molecular weight is 481 g/mol. The highest BCUT2D eigenvalue weighted by Crippen LogP contribution is 2.19. The fourth-order valence-electron chi connectivity index (χ4n) is 3.72. The van der Waals surface area contributed by atoms with Gasteiger partial charge in [-0.25, -0.2) is 9.59 Å². The monoisotopic (exact) mass is 480 g/mol. The van der Waals surface area contributed by atoms with Crippen molar-refractivity contribution >= 4 is 23.5 Å². The molecule has 33 heavy (non-hydrogen) atoms. The number of halogens is 1. The first-order chi connectivity index (χ1) is 15.8. The third-order valence-corrected chi connectivity index (χ3v) is 5.97. The molecular formula is C28H45ClO4. The minimum atomic E-state index is -0.519. The Morgan fingerprint density at radius 3 is 1.58 bits per heavy atom. The smallest absolute Gasteiger partial charge is 0.339 e. The van der Waals surface area contributed by atoms with Gasteiger partial charge in [-0.3, -0.25) is 0 Å². The number of carbonyl (C=O) groups excluding carboxylic acids is 2. The van der Waals surface area contributed by atoms with Crippen molar-refractivity contribution in [1.29, 1.82) is 0 Å². The maximum atomic E-state index is 12.6. The van der Waals surface area contributed by atoms with Crippen molar-refractivity contribution in [3.8, 4) is 0 Å². The van der Waals surface area contributed by atoms with Gasteiger partial charge in [0.1, 0.15) is 0 Å². The molecule has 1 aromatic rings. The van der Waals surface area contributed by atoms with Gasteiger partial charge in [0.05, 0.1) is 24.3 Å². The number of hydrogen-bond acceptors (Lipinski definition) is 4. The summed E-state index contributed by atoms with van der Waals surface area (Å²) in [6.45, 7) is 9.69. The second-order valence-corrected chi connectivity index (χ2v) is 10.3. The second-order valence-electron chi connectivity index (χ2n) is 9.86. The molecule has 0 N–H and O–H groups in total. The molecule has 0 unspecified atom stereocenters. The molecule has 0 aromatic heterocycles. The summed E-state index contributed by atoms with van der Waals surface area (Å²) in [4.78, 5) is 25.1. The van der Waals surface area contributed by atoms with Gasteiger partial charge in [0.15, 0.2) is 0 Å². The summed E-state index contributed by atoms with van der Waals surface area (Å²) in [5, 5.41) is 0.394. The SMILES string of the molecule is CC(C)CCCCCCCOC(=O)c1ccc(Cl)cc1C(=O)OCCCCCCCC(C)C. The number of rotatable bonds is 18. The molecule has 0 aliphatic heterocycles. The summed E-state index contributed by atoms with van der Waals surface area (Å²) < 4.78 is 10.8. The highest BCUT2D eigenvalue weighted by molar-refractivity contribution is 6.31. The molecule has 0 bridgehead atoms. The largest absolute Gasteiger partial charge is 0.462 e. The quantitative estimate of drug-likeness (QED) is 0.156. The lowest BCUT2D eigenvalue weighted by atomic mass is 10.0. The average Bonchev–Trinajstić information content (AvgIpc) is 2.76. The van der Waals surface area contributed by atoms with Crippen molar-refractivity contribution in [2.24, 2.45) is 11.8 Å². The number of carbonyl (C=O) groups is 2. The van der Waals surface area contributed by atoms with Gasteiger partial charge in [0.25, 0.3) is 0 Å². The summed E-state index contributed by atoms with van der Waals surface area (Å²) in [7, 11) is 0. The van der Waals surface area contributed by atoms with Gasteiger partial charge in [-0.2, -0.15) is 0 Å². The van der Waals surface area contributed by atoms with E-state index >= 15 is 0 Å². The molecule has 4 nitrogen and oxygen atoms in total. The van der Waals surface area contributed by atoms with Crippen molar-refractivity contribution in [2.75, 3.05) is 13.2 Å². The molecule has 5 heteroatoms. The Morgan fingerprint density at radius 2 is 1.09 bits per heavy atom. The van der Waals surface area contributed by atoms with Crippen molar-refractivity contribution in [2.45, 2.75) is 105 Å². The van der Waals surface area contributed by atoms with Gasteiger partial charge < -0.3 is 9.47 Å². The van der Waals surface area contributed by atoms with Crippen LogP contribution in [0.1, 0.15) is 125 Å². The first kappa shape index (κ1) is 29.5. The predicted molar refractivity (Wildman–Crippen MR) is 137 cm³/mol. The van der Waals surface area contributed by atoms with E-state index in [2.05, 4.69) is 27.7 Å². The maximum absolute atomic E-state index is 12.6. The third-order valence-electron chi connectivity index (χ3n) is 5.74. The lowest BCUT2D eigenvalue weighted by Crippen LogP contribution is -2.15. The third kappa shape index (κ3) is 14.3. The van der Waals surface area contributed by atoms with Crippen LogP contribution in [0.15, 0.2) is 18.2 Å². The lowest BCUT2D eigenvalue weighted by Gasteiger charge is -2.11. The van der Waals surface area contributed by atoms with Crippen molar-refractivity contribution in [3.05, 3.63) is 34.3 Å². The molecule has 0 aliphatic rings. The van der Waals surface area contributed by atoms with Crippen LogP contribution < -0.4 is 0 Å². The van der Waals surface area contributed by atoms with Crippen LogP contribution in [-0.4, -0.2) is 25.2 Å². The van der Waals surface area contributed by atoms with Crippen molar-refractivity contribution < 1.29 is 19.1 Å². The fraction of sp³-hybridized carbons (Fsp3) is 0.714. The highest BCUT2D eigenvalue weighted by Gasteiger charge is 2.20. The first-order valence-electron chi connectivity index (χ1n) is 12.9. The van der Waals surface area contributed by atoms with E-state index in [-0.39, 0.29) is 11.1 Å². The minimum Gasteiger partial charge on any atom is -0.462 e. The van der Waals surface area contributed by atoms with E-state index < -0.39 is 11.9 Å². The van der Waals surface area contributed by atoms with Crippen LogP contribution in [-0.2, 0) is 9.47 Å². The minimum absolute atomic E-state index is 0.179. The van der Waals surface area contributed by atoms with E-state index in [1.165, 1.54) is 44.6 Å². The Hall–Kier alpha value is -1.55. The van der Waals surface area contributed by atoms with Gasteiger partial charge in [-0.05, 0) is 42.9 Å². The van der Waals surface area contributed by atoms with Crippen LogP contribution in [0.25, 0.3) is 0 Å². The molecule has 0 heterocycles. The number of hydrogen-bond donors (Lipinski definition) is 0. The highest BCUT2D eigenvalue weighted by atomic mass is 35.5. The van der Waals surface area contributed by atoms with Gasteiger partial charge in [-0.15, -0.1) is 0 Å². The first-order valence-corrected chi connectivity index (χ1v) is 13.3. The Kier molecular flexibility index (Phi) is 16.0. The van der Waals surface area contributed by atoms with Gasteiger partial charge in [0, 0.05) is 5.02 Å². The van der Waals surface area contributed by atoms with Gasteiger partial charge in [-0.1, -0.05) is 104 Å². The standard InChI is InChI=1S/C28H45ClO4/c1-22(2)15-11-7-5-9-13-19-32-27(30)25-18-17-24(29)21-26(25)28(31)33-20-14-10-6-8-12-16-23(3)4/h17-18,21-23H,5-16,19-20H2,1-4H3. The molecule has 1 aromatic carbocycles. The topological polar surface area (TPSA) is 52.6 Å². The summed E-state index contributed by atoms with van der Waals surface area (Å²) >= 11 is 6.07. The normalized spacial score (nSPS) is 11.2. The molecule has 0 aliphatic carbocycles. The second kappa shape index (κ2) is 17.9. The number of esters is 2. The maximum Gasteiger partial charge on any atom is 0.339 e. The predicted octanol–water partition coefficient (Wildman–Crippen LogP) is 8.65. The van der Waals surface area contributed by atoms with Crippen LogP contribution in [0, 0.1) is 11.8 Å². The number of unbranched alkanes of at least 4 members (excludes halogenated alkanes) is 8. The molecule has 0 atom stereocenters. The Labute approximate surface area is 206 Å². The molecule has 0 radical (unpaired) electrons. The van der Waals surface area contributed by atoms with E-state index in [0.717, 1.165) is 50.4 Å². The number of ether oxygens (including phenoxy) is 2. The van der Waals surface area contributed by atoms with Gasteiger partial charge in [0.2, 0.25) is 0 Å². The van der Waals surface area contributed by atoms with E-state index in [0.29, 0.717) is 18.2 Å². The molecule has 188 valence electrons. The zero-order chi connectivity index (χ0) is 24.5. The summed E-state index contributed by atoms with van der Waals surface area (Å²) in [6, 6.07) is 4.63. The lowest BCUT2D eigenvalue weighted by molar-refractivity contribution is 0.0450. The van der Waals surface area contributed by atoms with E-state index in [1.807, 2.05) is 0 Å². The van der Waals surface area contributed by atoms with Crippen LogP contribution in [0.2, 0.25) is 5.02 Å². The zero-order valence-electron chi connectivity index (χ0n) is 21.3. The van der Waals surface area contributed by atoms with Crippen molar-refractivity contribution in [1.82, 2.24) is 0 Å². The van der Waals surface area contributed by atoms with E-state index in [1.54, 1.807) is 12.1 Å². The molecule has 0 saturated heterocycles. The van der Waals surface area contributed by atoms with E-state index in [4.69, 9.17) is 21.1 Å². The summed E-state index contributed by atoms with van der Waals surface area (Å²) in [6.07, 6.45) is 13.5. The molecule has 0 fully saturated rings. The molecule has 0 saturated carbocycles. The summed E-state index contributed by atoms with van der Waals surface area (Å²) in [5.74, 6) is 0.493. The Morgan fingerprint density at radius 1 is 0.667 bits per heavy atom. The van der Waals surface area contributed by atoms with E-state index in [9.17, 15) is 9.59 Å². The Bertz CT molecular complexity index is 684. The van der Waals surface area contributed by atoms with Crippen LogP contribution >= 0.6 is 11.6 Å². The molecule has 0 amide bonds. The molecule has 1 rings (SSSR count). The molecule has 0 spiro atoms. The Balaban J connectivity index is 2.35.